The van der Waals surface area contributed by atoms with E-state index in [-0.39, 0.29) is 4.90 Å². The highest BCUT2D eigenvalue weighted by molar-refractivity contribution is 7.92. The second kappa shape index (κ2) is 8.44. The number of nitrogens with zero attached hydrogens (tertiary/aromatic N) is 4. The van der Waals surface area contributed by atoms with E-state index >= 15 is 0 Å². The Labute approximate surface area is 179 Å². The third-order valence-electron chi connectivity index (χ3n) is 4.50. The molecule has 4 rings (SSSR count). The minimum absolute atomic E-state index is 0.152. The molecule has 2 N–H and O–H groups in total. The van der Waals surface area contributed by atoms with E-state index in [4.69, 9.17) is 4.74 Å². The third-order valence-corrected chi connectivity index (χ3v) is 5.90. The van der Waals surface area contributed by atoms with Gasteiger partial charge in [-0.2, -0.15) is 0 Å². The van der Waals surface area contributed by atoms with Crippen molar-refractivity contribution in [3.05, 3.63) is 79.1 Å². The summed E-state index contributed by atoms with van der Waals surface area (Å²) in [4.78, 5) is 12.8. The highest BCUT2D eigenvalue weighted by Crippen LogP contribution is 2.22. The number of aromatic nitrogens is 4. The van der Waals surface area contributed by atoms with Gasteiger partial charge in [0.1, 0.15) is 29.5 Å². The molecule has 31 heavy (non-hydrogen) atoms. The van der Waals surface area contributed by atoms with Crippen LogP contribution < -0.4 is 14.8 Å². The van der Waals surface area contributed by atoms with Gasteiger partial charge < -0.3 is 10.1 Å². The minimum Gasteiger partial charge on any atom is -0.497 e. The van der Waals surface area contributed by atoms with Crippen molar-refractivity contribution in [2.24, 2.45) is 0 Å². The first-order valence-electron chi connectivity index (χ1n) is 9.31. The van der Waals surface area contributed by atoms with Gasteiger partial charge in [0, 0.05) is 29.8 Å². The molecule has 0 saturated carbocycles. The van der Waals surface area contributed by atoms with Crippen molar-refractivity contribution < 1.29 is 13.2 Å². The maximum absolute atomic E-state index is 12.6. The predicted octanol–water partition coefficient (Wildman–Crippen LogP) is 3.52. The fourth-order valence-electron chi connectivity index (χ4n) is 2.91. The first kappa shape index (κ1) is 20.4. The van der Waals surface area contributed by atoms with Crippen molar-refractivity contribution in [3.8, 4) is 11.6 Å². The van der Waals surface area contributed by atoms with Crippen molar-refractivity contribution in [3.63, 3.8) is 0 Å². The first-order valence-corrected chi connectivity index (χ1v) is 10.8. The van der Waals surface area contributed by atoms with Crippen LogP contribution in [0, 0.1) is 6.92 Å². The molecular formula is C21H20N6O3S. The molecule has 0 saturated heterocycles. The fourth-order valence-corrected chi connectivity index (χ4v) is 3.96. The highest BCUT2D eigenvalue weighted by Gasteiger charge is 2.14. The monoisotopic (exact) mass is 436 g/mol. The van der Waals surface area contributed by atoms with E-state index in [0.717, 1.165) is 11.5 Å². The molecule has 0 aliphatic heterocycles. The van der Waals surface area contributed by atoms with Crippen LogP contribution in [0.15, 0.2) is 78.2 Å². The van der Waals surface area contributed by atoms with Gasteiger partial charge in [-0.25, -0.2) is 23.4 Å². The molecule has 0 fully saturated rings. The largest absolute Gasteiger partial charge is 0.497 e. The summed E-state index contributed by atoms with van der Waals surface area (Å²) in [5, 5.41) is 3.18. The number of anilines is 3. The standard InChI is InChI=1S/C21H20N6O3S/c1-15-22-11-12-27(15)21-13-20(23-14-24-21)25-16-3-5-17(6-4-16)26-31(28,29)19-9-7-18(30-2)8-10-19/h3-14,26H,1-2H3,(H,23,24,25). The van der Waals surface area contributed by atoms with Crippen LogP contribution in [-0.2, 0) is 10.0 Å². The molecule has 2 heterocycles. The molecule has 2 aromatic carbocycles. The number of imidazole rings is 1. The average molecular weight is 436 g/mol. The summed E-state index contributed by atoms with van der Waals surface area (Å²) < 4.78 is 34.6. The number of hydrogen-bond donors (Lipinski definition) is 2. The summed E-state index contributed by atoms with van der Waals surface area (Å²) in [5.74, 6) is 2.70. The zero-order valence-corrected chi connectivity index (χ0v) is 17.7. The molecule has 4 aromatic rings. The molecule has 0 amide bonds. The second-order valence-electron chi connectivity index (χ2n) is 6.59. The molecule has 0 aliphatic carbocycles. The maximum atomic E-state index is 12.6. The van der Waals surface area contributed by atoms with Gasteiger partial charge in [-0.3, -0.25) is 9.29 Å². The van der Waals surface area contributed by atoms with Gasteiger partial charge in [-0.15, -0.1) is 0 Å². The van der Waals surface area contributed by atoms with Gasteiger partial charge in [-0.05, 0) is 55.5 Å². The SMILES string of the molecule is COc1ccc(S(=O)(=O)Nc2ccc(Nc3cc(-n4ccnc4C)ncn3)cc2)cc1. The molecule has 0 bridgehead atoms. The number of benzene rings is 2. The van der Waals surface area contributed by atoms with Crippen LogP contribution in [0.1, 0.15) is 5.82 Å². The van der Waals surface area contributed by atoms with Crippen molar-refractivity contribution >= 4 is 27.2 Å². The Morgan fingerprint density at radius 1 is 0.935 bits per heavy atom. The van der Waals surface area contributed by atoms with Crippen LogP contribution in [-0.4, -0.2) is 35.0 Å². The number of ether oxygens (including phenoxy) is 1. The topological polar surface area (TPSA) is 111 Å². The zero-order chi connectivity index (χ0) is 21.8. The van der Waals surface area contributed by atoms with Crippen LogP contribution in [0.3, 0.4) is 0 Å². The van der Waals surface area contributed by atoms with Crippen molar-refractivity contribution in [2.45, 2.75) is 11.8 Å². The summed E-state index contributed by atoms with van der Waals surface area (Å²) in [5.41, 5.74) is 1.19. The lowest BCUT2D eigenvalue weighted by atomic mass is 10.3. The van der Waals surface area contributed by atoms with E-state index in [0.29, 0.717) is 23.1 Å². The van der Waals surface area contributed by atoms with Crippen LogP contribution in [0.4, 0.5) is 17.2 Å². The smallest absolute Gasteiger partial charge is 0.261 e. The Hall–Kier alpha value is -3.92. The van der Waals surface area contributed by atoms with Crippen LogP contribution in [0.2, 0.25) is 0 Å². The molecule has 0 radical (unpaired) electrons. The number of aryl methyl sites for hydroxylation is 1. The molecule has 0 aliphatic rings. The number of sulfonamides is 1. The van der Waals surface area contributed by atoms with Crippen molar-refractivity contribution in [1.29, 1.82) is 0 Å². The van der Waals surface area contributed by atoms with E-state index in [2.05, 4.69) is 25.0 Å². The number of nitrogens with one attached hydrogen (secondary N) is 2. The Kier molecular flexibility index (Phi) is 5.54. The molecule has 158 valence electrons. The van der Waals surface area contributed by atoms with Gasteiger partial charge in [-0.1, -0.05) is 0 Å². The second-order valence-corrected chi connectivity index (χ2v) is 8.27. The van der Waals surface area contributed by atoms with Gasteiger partial charge in [0.05, 0.1) is 12.0 Å². The average Bonchev–Trinajstić information content (AvgIpc) is 3.21. The van der Waals surface area contributed by atoms with E-state index in [1.165, 1.54) is 25.6 Å². The van der Waals surface area contributed by atoms with Crippen LogP contribution >= 0.6 is 0 Å². The Balaban J connectivity index is 1.47. The summed E-state index contributed by atoms with van der Waals surface area (Å²) in [6.07, 6.45) is 5.00. The summed E-state index contributed by atoms with van der Waals surface area (Å²) in [6, 6.07) is 14.8. The fraction of sp³-hybridized carbons (Fsp3) is 0.0952. The molecule has 0 atom stereocenters. The molecular weight excluding hydrogens is 416 g/mol. The lowest BCUT2D eigenvalue weighted by molar-refractivity contribution is 0.414. The van der Waals surface area contributed by atoms with E-state index in [9.17, 15) is 8.42 Å². The normalized spacial score (nSPS) is 11.2. The summed E-state index contributed by atoms with van der Waals surface area (Å²) in [7, 11) is -2.17. The molecule has 0 spiro atoms. The summed E-state index contributed by atoms with van der Waals surface area (Å²) in [6.45, 7) is 1.89. The van der Waals surface area contributed by atoms with E-state index in [1.807, 2.05) is 17.7 Å². The van der Waals surface area contributed by atoms with E-state index < -0.39 is 10.0 Å². The molecule has 0 unspecified atom stereocenters. The highest BCUT2D eigenvalue weighted by atomic mass is 32.2. The van der Waals surface area contributed by atoms with Gasteiger partial charge >= 0.3 is 0 Å². The van der Waals surface area contributed by atoms with Crippen LogP contribution in [0.5, 0.6) is 5.75 Å². The maximum Gasteiger partial charge on any atom is 0.261 e. The molecule has 2 aromatic heterocycles. The Morgan fingerprint density at radius 2 is 1.65 bits per heavy atom. The van der Waals surface area contributed by atoms with Gasteiger partial charge in [0.2, 0.25) is 0 Å². The van der Waals surface area contributed by atoms with Crippen molar-refractivity contribution in [2.75, 3.05) is 17.1 Å². The van der Waals surface area contributed by atoms with Gasteiger partial charge in [0.25, 0.3) is 10.0 Å². The lowest BCUT2D eigenvalue weighted by Crippen LogP contribution is -2.12. The Morgan fingerprint density at radius 3 is 2.29 bits per heavy atom. The predicted molar refractivity (Wildman–Crippen MR) is 117 cm³/mol. The number of rotatable bonds is 7. The third kappa shape index (κ3) is 4.64. The summed E-state index contributed by atoms with van der Waals surface area (Å²) >= 11 is 0. The minimum atomic E-state index is -3.70. The number of hydrogen-bond acceptors (Lipinski definition) is 7. The molecule has 10 heteroatoms. The Bertz CT molecular complexity index is 1290. The first-order chi connectivity index (χ1) is 14.9. The van der Waals surface area contributed by atoms with Crippen LogP contribution in [0.25, 0.3) is 5.82 Å². The number of methoxy groups -OCH3 is 1. The zero-order valence-electron chi connectivity index (χ0n) is 16.9. The lowest BCUT2D eigenvalue weighted by Gasteiger charge is -2.11. The van der Waals surface area contributed by atoms with Crippen molar-refractivity contribution in [1.82, 2.24) is 19.5 Å². The molecule has 9 nitrogen and oxygen atoms in total. The van der Waals surface area contributed by atoms with E-state index in [1.54, 1.807) is 48.7 Å². The van der Waals surface area contributed by atoms with Gasteiger partial charge in [0.15, 0.2) is 0 Å². The quantitative estimate of drug-likeness (QED) is 0.456.